The Labute approximate surface area is 165 Å². The monoisotopic (exact) mass is 405 g/mol. The molecule has 0 saturated carbocycles. The predicted octanol–water partition coefficient (Wildman–Crippen LogP) is 2.60. The second kappa shape index (κ2) is 6.93. The Morgan fingerprint density at radius 3 is 2.46 bits per heavy atom. The van der Waals surface area contributed by atoms with E-state index in [9.17, 15) is 12.8 Å². The van der Waals surface area contributed by atoms with Gasteiger partial charge in [-0.3, -0.25) is 4.31 Å². The number of ether oxygens (including phenoxy) is 1. The van der Waals surface area contributed by atoms with Gasteiger partial charge in [0.15, 0.2) is 5.75 Å². The summed E-state index contributed by atoms with van der Waals surface area (Å²) in [6.45, 7) is 7.21. The first kappa shape index (κ1) is 19.0. The van der Waals surface area contributed by atoms with Crippen LogP contribution < -0.4 is 19.3 Å². The lowest BCUT2D eigenvalue weighted by Gasteiger charge is -2.42. The van der Waals surface area contributed by atoms with E-state index in [0.29, 0.717) is 11.4 Å². The number of halogens is 1. The van der Waals surface area contributed by atoms with Gasteiger partial charge in [-0.05, 0) is 44.2 Å². The Morgan fingerprint density at radius 1 is 1.07 bits per heavy atom. The molecule has 2 aromatic rings. The predicted molar refractivity (Wildman–Crippen MR) is 107 cm³/mol. The average molecular weight is 405 g/mol. The van der Waals surface area contributed by atoms with Crippen LogP contribution in [0.4, 0.5) is 15.8 Å². The molecule has 1 N–H and O–H groups in total. The molecule has 0 aromatic heterocycles. The van der Waals surface area contributed by atoms with Crippen LogP contribution in [0.5, 0.6) is 5.75 Å². The van der Waals surface area contributed by atoms with Crippen molar-refractivity contribution in [2.24, 2.45) is 0 Å². The number of hydrogen-bond donors (Lipinski definition) is 1. The number of piperazine rings is 1. The summed E-state index contributed by atoms with van der Waals surface area (Å²) in [7, 11) is -3.93. The van der Waals surface area contributed by atoms with E-state index < -0.39 is 21.4 Å². The van der Waals surface area contributed by atoms with Crippen LogP contribution in [-0.4, -0.2) is 46.7 Å². The summed E-state index contributed by atoms with van der Waals surface area (Å²) < 4.78 is 48.0. The number of sulfonamides is 1. The Morgan fingerprint density at radius 2 is 1.75 bits per heavy atom. The fraction of sp³-hybridized carbons (Fsp3) is 0.400. The second-order valence-electron chi connectivity index (χ2n) is 7.69. The lowest BCUT2D eigenvalue weighted by Crippen LogP contribution is -2.50. The van der Waals surface area contributed by atoms with E-state index in [1.165, 1.54) is 22.5 Å². The lowest BCUT2D eigenvalue weighted by molar-refractivity contribution is 0.111. The summed E-state index contributed by atoms with van der Waals surface area (Å²) in [6.07, 6.45) is 0. The lowest BCUT2D eigenvalue weighted by atomic mass is 10.1. The maximum atomic E-state index is 13.7. The minimum Gasteiger partial charge on any atom is -0.482 e. The van der Waals surface area contributed by atoms with Gasteiger partial charge >= 0.3 is 0 Å². The maximum Gasteiger partial charge on any atom is 0.264 e. The normalized spacial score (nSPS) is 19.1. The van der Waals surface area contributed by atoms with Crippen LogP contribution in [0.3, 0.4) is 0 Å². The molecule has 4 rings (SSSR count). The molecule has 1 saturated heterocycles. The van der Waals surface area contributed by atoms with Crippen molar-refractivity contribution in [2.75, 3.05) is 41.9 Å². The molecule has 8 heteroatoms. The number of nitrogens with zero attached hydrogens (tertiary/aromatic N) is 2. The number of anilines is 2. The van der Waals surface area contributed by atoms with Gasteiger partial charge in [-0.15, -0.1) is 0 Å². The van der Waals surface area contributed by atoms with Crippen molar-refractivity contribution in [3.05, 3.63) is 48.3 Å². The van der Waals surface area contributed by atoms with Crippen molar-refractivity contribution < 1.29 is 17.5 Å². The van der Waals surface area contributed by atoms with Crippen LogP contribution >= 0.6 is 0 Å². The minimum absolute atomic E-state index is 0.0660. The number of hydrogen-bond acceptors (Lipinski definition) is 5. The molecule has 0 spiro atoms. The molecule has 0 aliphatic carbocycles. The van der Waals surface area contributed by atoms with Gasteiger partial charge in [-0.1, -0.05) is 12.1 Å². The van der Waals surface area contributed by atoms with Gasteiger partial charge in [-0.25, -0.2) is 12.8 Å². The zero-order chi connectivity index (χ0) is 19.9. The van der Waals surface area contributed by atoms with Crippen LogP contribution in [0.25, 0.3) is 0 Å². The highest BCUT2D eigenvalue weighted by Gasteiger charge is 2.40. The summed E-state index contributed by atoms with van der Waals surface area (Å²) in [5.74, 6) is -0.0241. The zero-order valence-electron chi connectivity index (χ0n) is 16.0. The highest BCUT2D eigenvalue weighted by atomic mass is 32.2. The largest absolute Gasteiger partial charge is 0.482 e. The molecular formula is C20H24FN3O3S. The Kier molecular flexibility index (Phi) is 4.71. The molecule has 0 radical (unpaired) electrons. The van der Waals surface area contributed by atoms with Crippen LogP contribution in [0.15, 0.2) is 47.4 Å². The van der Waals surface area contributed by atoms with Crippen LogP contribution in [-0.2, 0) is 10.0 Å². The smallest absolute Gasteiger partial charge is 0.264 e. The first-order valence-corrected chi connectivity index (χ1v) is 10.8. The molecule has 0 atom stereocenters. The molecule has 28 heavy (non-hydrogen) atoms. The van der Waals surface area contributed by atoms with E-state index in [-0.39, 0.29) is 11.4 Å². The number of para-hydroxylation sites is 1. The van der Waals surface area contributed by atoms with Crippen molar-refractivity contribution >= 4 is 21.4 Å². The van der Waals surface area contributed by atoms with E-state index in [2.05, 4.69) is 10.2 Å². The zero-order valence-corrected chi connectivity index (χ0v) is 16.8. The molecule has 0 amide bonds. The van der Waals surface area contributed by atoms with E-state index >= 15 is 0 Å². The number of rotatable bonds is 3. The van der Waals surface area contributed by atoms with Gasteiger partial charge in [0, 0.05) is 26.2 Å². The number of nitrogens with one attached hydrogen (secondary N) is 1. The average Bonchev–Trinajstić information content (AvgIpc) is 2.67. The molecule has 2 aliphatic heterocycles. The van der Waals surface area contributed by atoms with E-state index in [1.54, 1.807) is 6.07 Å². The summed E-state index contributed by atoms with van der Waals surface area (Å²) >= 11 is 0. The van der Waals surface area contributed by atoms with Gasteiger partial charge in [-0.2, -0.15) is 0 Å². The standard InChI is InChI=1S/C20H24FN3O3S/c1-20(2)14-24(28(25,26)16-6-3-5-15(21)13-16)18-8-4-7-17(19(18)27-20)23-11-9-22-10-12-23/h3-8,13,22H,9-12,14H2,1-2H3. The Bertz CT molecular complexity index is 988. The Balaban J connectivity index is 1.83. The van der Waals surface area contributed by atoms with E-state index in [0.717, 1.165) is 37.9 Å². The molecule has 150 valence electrons. The third-order valence-corrected chi connectivity index (χ3v) is 6.74. The first-order valence-electron chi connectivity index (χ1n) is 9.34. The fourth-order valence-corrected chi connectivity index (χ4v) is 5.33. The second-order valence-corrected chi connectivity index (χ2v) is 9.56. The van der Waals surface area contributed by atoms with E-state index in [4.69, 9.17) is 4.74 Å². The molecule has 0 bridgehead atoms. The summed E-state index contributed by atoms with van der Waals surface area (Å²) in [4.78, 5) is 2.13. The molecule has 6 nitrogen and oxygen atoms in total. The SMILES string of the molecule is CC1(C)CN(S(=O)(=O)c2cccc(F)c2)c2cccc(N3CCNCC3)c2O1. The molecule has 2 heterocycles. The van der Waals surface area contributed by atoms with Crippen molar-refractivity contribution in [3.63, 3.8) is 0 Å². The third-order valence-electron chi connectivity index (χ3n) is 4.99. The summed E-state index contributed by atoms with van der Waals surface area (Å²) in [5.41, 5.74) is 0.642. The Hall–Kier alpha value is -2.32. The van der Waals surface area contributed by atoms with Gasteiger partial charge in [0.1, 0.15) is 11.4 Å². The molecule has 1 fully saturated rings. The van der Waals surface area contributed by atoms with Crippen molar-refractivity contribution in [1.29, 1.82) is 0 Å². The maximum absolute atomic E-state index is 13.7. The minimum atomic E-state index is -3.93. The van der Waals surface area contributed by atoms with Gasteiger partial charge < -0.3 is 15.0 Å². The molecule has 0 unspecified atom stereocenters. The first-order chi connectivity index (χ1) is 13.3. The van der Waals surface area contributed by atoms with Crippen molar-refractivity contribution in [1.82, 2.24) is 5.32 Å². The highest BCUT2D eigenvalue weighted by molar-refractivity contribution is 7.92. The van der Waals surface area contributed by atoms with Gasteiger partial charge in [0.05, 0.1) is 22.8 Å². The van der Waals surface area contributed by atoms with Crippen molar-refractivity contribution in [3.8, 4) is 5.75 Å². The fourth-order valence-electron chi connectivity index (χ4n) is 3.68. The highest BCUT2D eigenvalue weighted by Crippen LogP contribution is 2.45. The molecule has 2 aliphatic rings. The molecule has 2 aromatic carbocycles. The van der Waals surface area contributed by atoms with Gasteiger partial charge in [0.25, 0.3) is 10.0 Å². The third kappa shape index (κ3) is 3.42. The topological polar surface area (TPSA) is 61.9 Å². The van der Waals surface area contributed by atoms with Crippen LogP contribution in [0.2, 0.25) is 0 Å². The van der Waals surface area contributed by atoms with Crippen molar-refractivity contribution in [2.45, 2.75) is 24.3 Å². The van der Waals surface area contributed by atoms with Crippen LogP contribution in [0.1, 0.15) is 13.8 Å². The number of fused-ring (bicyclic) bond motifs is 1. The van der Waals surface area contributed by atoms with Crippen LogP contribution in [0, 0.1) is 5.82 Å². The summed E-state index contributed by atoms with van der Waals surface area (Å²) in [5, 5.41) is 3.32. The summed E-state index contributed by atoms with van der Waals surface area (Å²) in [6, 6.07) is 10.7. The molecular weight excluding hydrogens is 381 g/mol. The number of benzene rings is 2. The quantitative estimate of drug-likeness (QED) is 0.851. The van der Waals surface area contributed by atoms with Gasteiger partial charge in [0.2, 0.25) is 0 Å². The van der Waals surface area contributed by atoms with E-state index in [1.807, 2.05) is 26.0 Å².